The molecule has 0 aromatic heterocycles. The molecule has 0 unspecified atom stereocenters. The average Bonchev–Trinajstić information content (AvgIpc) is 2.77. The van der Waals surface area contributed by atoms with Crippen molar-refractivity contribution in [3.63, 3.8) is 0 Å². The molecule has 2 aromatic carbocycles. The van der Waals surface area contributed by atoms with Crippen LogP contribution < -0.4 is 15.1 Å². The molecule has 0 aliphatic carbocycles. The maximum Gasteiger partial charge on any atom is 0.313 e. The van der Waals surface area contributed by atoms with E-state index >= 15 is 0 Å². The van der Waals surface area contributed by atoms with Gasteiger partial charge in [-0.15, -0.1) is 0 Å². The summed E-state index contributed by atoms with van der Waals surface area (Å²) in [5, 5.41) is 2.74. The molecular weight excluding hydrogens is 376 g/mol. The number of carbonyl (C=O) groups is 2. The molecule has 1 aliphatic rings. The number of anilines is 3. The summed E-state index contributed by atoms with van der Waals surface area (Å²) in [4.78, 5) is 31.2. The number of amides is 2. The van der Waals surface area contributed by atoms with Crippen molar-refractivity contribution in [3.8, 4) is 0 Å². The fraction of sp³-hybridized carbons (Fsp3) is 0.417. The number of hydrogen-bond donors (Lipinski definition) is 1. The minimum atomic E-state index is -0.578. The Hall–Kier alpha value is -3.02. The van der Waals surface area contributed by atoms with E-state index < -0.39 is 11.8 Å². The highest BCUT2D eigenvalue weighted by Gasteiger charge is 2.26. The molecule has 1 aliphatic heterocycles. The van der Waals surface area contributed by atoms with Crippen LogP contribution in [0.1, 0.15) is 25.0 Å². The Morgan fingerprint density at radius 1 is 0.933 bits per heavy atom. The first-order valence-corrected chi connectivity index (χ1v) is 10.7. The molecule has 0 atom stereocenters. The fourth-order valence-electron chi connectivity index (χ4n) is 3.90. The Labute approximate surface area is 179 Å². The van der Waals surface area contributed by atoms with Gasteiger partial charge in [0.25, 0.3) is 0 Å². The summed E-state index contributed by atoms with van der Waals surface area (Å²) < 4.78 is 0. The van der Waals surface area contributed by atoms with Crippen molar-refractivity contribution in [2.75, 3.05) is 54.4 Å². The van der Waals surface area contributed by atoms with E-state index in [4.69, 9.17) is 0 Å². The molecule has 1 saturated heterocycles. The van der Waals surface area contributed by atoms with Gasteiger partial charge in [0.1, 0.15) is 0 Å². The van der Waals surface area contributed by atoms with Crippen LogP contribution in [0.25, 0.3) is 0 Å². The van der Waals surface area contributed by atoms with Gasteiger partial charge in [-0.3, -0.25) is 9.59 Å². The normalized spacial score (nSPS) is 13.9. The van der Waals surface area contributed by atoms with Gasteiger partial charge >= 0.3 is 11.8 Å². The van der Waals surface area contributed by atoms with Crippen LogP contribution in [0.3, 0.4) is 0 Å². The van der Waals surface area contributed by atoms with Crippen LogP contribution in [-0.4, -0.2) is 56.0 Å². The number of rotatable bonds is 5. The van der Waals surface area contributed by atoms with Crippen LogP contribution in [0.15, 0.2) is 42.5 Å². The summed E-state index contributed by atoms with van der Waals surface area (Å²) in [5.41, 5.74) is 5.48. The molecule has 30 heavy (non-hydrogen) atoms. The van der Waals surface area contributed by atoms with Gasteiger partial charge in [0, 0.05) is 56.3 Å². The predicted octanol–water partition coefficient (Wildman–Crippen LogP) is 3.44. The lowest BCUT2D eigenvalue weighted by Crippen LogP contribution is -2.51. The highest BCUT2D eigenvalue weighted by molar-refractivity contribution is 6.39. The van der Waals surface area contributed by atoms with Crippen LogP contribution in [0, 0.1) is 13.8 Å². The van der Waals surface area contributed by atoms with Gasteiger partial charge in [0.05, 0.1) is 0 Å². The molecule has 1 fully saturated rings. The quantitative estimate of drug-likeness (QED) is 0.770. The van der Waals surface area contributed by atoms with Gasteiger partial charge in [-0.25, -0.2) is 0 Å². The largest absolute Gasteiger partial charge is 0.372 e. The summed E-state index contributed by atoms with van der Waals surface area (Å²) in [7, 11) is 0. The summed E-state index contributed by atoms with van der Waals surface area (Å²) in [6, 6.07) is 13.9. The van der Waals surface area contributed by atoms with E-state index in [1.54, 1.807) is 4.90 Å². The Morgan fingerprint density at radius 2 is 1.57 bits per heavy atom. The van der Waals surface area contributed by atoms with E-state index in [0.29, 0.717) is 18.8 Å². The molecule has 0 spiro atoms. The van der Waals surface area contributed by atoms with Crippen molar-refractivity contribution in [2.45, 2.75) is 27.7 Å². The van der Waals surface area contributed by atoms with Crippen molar-refractivity contribution >= 4 is 28.9 Å². The number of nitrogens with one attached hydrogen (secondary N) is 1. The van der Waals surface area contributed by atoms with Crippen LogP contribution >= 0.6 is 0 Å². The standard InChI is InChI=1S/C24H32N4O2/c1-5-26(6-2)21-12-10-20(11-13-21)25-23(29)24(30)28-16-14-27(15-17-28)22-9-7-8-18(3)19(22)4/h7-13H,5-6,14-17H2,1-4H3,(H,25,29). The maximum atomic E-state index is 12.6. The summed E-state index contributed by atoms with van der Waals surface area (Å²) in [6.45, 7) is 12.8. The maximum absolute atomic E-state index is 12.6. The van der Waals surface area contributed by atoms with Crippen molar-refractivity contribution in [1.82, 2.24) is 4.90 Å². The minimum absolute atomic E-state index is 0.469. The van der Waals surface area contributed by atoms with E-state index in [-0.39, 0.29) is 0 Å². The van der Waals surface area contributed by atoms with Crippen molar-refractivity contribution in [3.05, 3.63) is 53.6 Å². The van der Waals surface area contributed by atoms with Crippen molar-refractivity contribution in [2.24, 2.45) is 0 Å². The van der Waals surface area contributed by atoms with E-state index in [1.165, 1.54) is 16.8 Å². The zero-order chi connectivity index (χ0) is 21.7. The molecule has 3 rings (SSSR count). The molecule has 1 heterocycles. The van der Waals surface area contributed by atoms with Crippen LogP contribution in [0.2, 0.25) is 0 Å². The first-order valence-electron chi connectivity index (χ1n) is 10.7. The van der Waals surface area contributed by atoms with E-state index in [9.17, 15) is 9.59 Å². The van der Waals surface area contributed by atoms with Crippen LogP contribution in [0.5, 0.6) is 0 Å². The molecule has 2 amide bonds. The smallest absolute Gasteiger partial charge is 0.313 e. The van der Waals surface area contributed by atoms with Gasteiger partial charge in [-0.1, -0.05) is 12.1 Å². The second-order valence-corrected chi connectivity index (χ2v) is 7.67. The summed E-state index contributed by atoms with van der Waals surface area (Å²) in [6.07, 6.45) is 0. The Kier molecular flexibility index (Phi) is 6.98. The second-order valence-electron chi connectivity index (χ2n) is 7.67. The fourth-order valence-corrected chi connectivity index (χ4v) is 3.90. The van der Waals surface area contributed by atoms with Crippen molar-refractivity contribution in [1.29, 1.82) is 0 Å². The number of nitrogens with zero attached hydrogens (tertiary/aromatic N) is 3. The lowest BCUT2D eigenvalue weighted by molar-refractivity contribution is -0.143. The van der Waals surface area contributed by atoms with E-state index in [0.717, 1.165) is 31.9 Å². The summed E-state index contributed by atoms with van der Waals surface area (Å²) >= 11 is 0. The van der Waals surface area contributed by atoms with E-state index in [2.05, 4.69) is 61.0 Å². The van der Waals surface area contributed by atoms with E-state index in [1.807, 2.05) is 24.3 Å². The molecule has 160 valence electrons. The number of piperazine rings is 1. The Balaban J connectivity index is 1.56. The van der Waals surface area contributed by atoms with Gasteiger partial charge in [-0.2, -0.15) is 0 Å². The third-order valence-corrected chi connectivity index (χ3v) is 5.93. The number of benzene rings is 2. The predicted molar refractivity (Wildman–Crippen MR) is 123 cm³/mol. The molecule has 2 aromatic rings. The molecule has 1 N–H and O–H groups in total. The first kappa shape index (κ1) is 21.7. The highest BCUT2D eigenvalue weighted by atomic mass is 16.2. The number of aryl methyl sites for hydroxylation is 1. The first-order chi connectivity index (χ1) is 14.4. The van der Waals surface area contributed by atoms with Crippen LogP contribution in [-0.2, 0) is 9.59 Å². The minimum Gasteiger partial charge on any atom is -0.372 e. The SMILES string of the molecule is CCN(CC)c1ccc(NC(=O)C(=O)N2CCN(c3cccc(C)c3C)CC2)cc1. The topological polar surface area (TPSA) is 55.9 Å². The van der Waals surface area contributed by atoms with Crippen LogP contribution in [0.4, 0.5) is 17.1 Å². The molecular formula is C24H32N4O2. The lowest BCUT2D eigenvalue weighted by Gasteiger charge is -2.36. The molecule has 6 heteroatoms. The Bertz CT molecular complexity index is 883. The lowest BCUT2D eigenvalue weighted by atomic mass is 10.1. The number of carbonyl (C=O) groups excluding carboxylic acids is 2. The zero-order valence-electron chi connectivity index (χ0n) is 18.4. The van der Waals surface area contributed by atoms with Gasteiger partial charge in [-0.05, 0) is 69.2 Å². The summed E-state index contributed by atoms with van der Waals surface area (Å²) in [5.74, 6) is -1.05. The van der Waals surface area contributed by atoms with Crippen molar-refractivity contribution < 1.29 is 9.59 Å². The van der Waals surface area contributed by atoms with Gasteiger partial charge < -0.3 is 20.0 Å². The Morgan fingerprint density at radius 3 is 2.17 bits per heavy atom. The zero-order valence-corrected chi connectivity index (χ0v) is 18.4. The average molecular weight is 409 g/mol. The molecule has 0 radical (unpaired) electrons. The molecule has 6 nitrogen and oxygen atoms in total. The highest BCUT2D eigenvalue weighted by Crippen LogP contribution is 2.24. The second kappa shape index (κ2) is 9.65. The number of hydrogen-bond acceptors (Lipinski definition) is 4. The third-order valence-electron chi connectivity index (χ3n) is 5.93. The molecule has 0 saturated carbocycles. The monoisotopic (exact) mass is 408 g/mol. The van der Waals surface area contributed by atoms with Gasteiger partial charge in [0.15, 0.2) is 0 Å². The van der Waals surface area contributed by atoms with Gasteiger partial charge in [0.2, 0.25) is 0 Å². The molecule has 0 bridgehead atoms. The third kappa shape index (κ3) is 4.75.